The summed E-state index contributed by atoms with van der Waals surface area (Å²) in [6, 6.07) is 8.81. The average molecular weight is 496 g/mol. The predicted molar refractivity (Wildman–Crippen MR) is 129 cm³/mol. The minimum atomic E-state index is -3.67. The van der Waals surface area contributed by atoms with Gasteiger partial charge in [0.25, 0.3) is 0 Å². The number of thiazole rings is 1. The Labute approximate surface area is 197 Å². The standard InChI is InChI=1S/C22H23Cl2N3O2S2/c1-14-10-15(2)21(16(3)11-14)19-13-30-22(25-19)26-6-8-27(9-7-26)31(28,29)20-5-4-17(23)12-18(20)24/h4-5,10-13H,6-9H2,1-3H3. The second-order valence-corrected chi connectivity index (χ2v) is 11.3. The summed E-state index contributed by atoms with van der Waals surface area (Å²) in [7, 11) is -3.67. The van der Waals surface area contributed by atoms with E-state index in [0.29, 0.717) is 31.2 Å². The van der Waals surface area contributed by atoms with Crippen molar-refractivity contribution in [3.63, 3.8) is 0 Å². The van der Waals surface area contributed by atoms with E-state index in [9.17, 15) is 8.42 Å². The molecule has 0 atom stereocenters. The smallest absolute Gasteiger partial charge is 0.244 e. The van der Waals surface area contributed by atoms with Crippen LogP contribution in [0.2, 0.25) is 10.0 Å². The zero-order valence-electron chi connectivity index (χ0n) is 17.5. The van der Waals surface area contributed by atoms with E-state index in [-0.39, 0.29) is 9.92 Å². The van der Waals surface area contributed by atoms with E-state index in [2.05, 4.69) is 43.2 Å². The molecule has 31 heavy (non-hydrogen) atoms. The number of halogens is 2. The molecular weight excluding hydrogens is 473 g/mol. The van der Waals surface area contributed by atoms with Gasteiger partial charge in [0.05, 0.1) is 10.7 Å². The molecule has 2 heterocycles. The van der Waals surface area contributed by atoms with Crippen molar-refractivity contribution in [2.24, 2.45) is 0 Å². The summed E-state index contributed by atoms with van der Waals surface area (Å²) in [6.07, 6.45) is 0. The number of nitrogens with zero attached hydrogens (tertiary/aromatic N) is 3. The fourth-order valence-corrected chi connectivity index (χ4v) is 7.09. The van der Waals surface area contributed by atoms with Crippen LogP contribution in [0.15, 0.2) is 40.6 Å². The summed E-state index contributed by atoms with van der Waals surface area (Å²) in [5.74, 6) is 0. The number of piperazine rings is 1. The Morgan fingerprint density at radius 3 is 2.23 bits per heavy atom. The average Bonchev–Trinajstić information content (AvgIpc) is 3.16. The monoisotopic (exact) mass is 495 g/mol. The lowest BCUT2D eigenvalue weighted by atomic mass is 9.98. The highest BCUT2D eigenvalue weighted by molar-refractivity contribution is 7.89. The third-order valence-corrected chi connectivity index (χ3v) is 8.96. The SMILES string of the molecule is Cc1cc(C)c(-c2csc(N3CCN(S(=O)(=O)c4ccc(Cl)cc4Cl)CC3)n2)c(C)c1. The Bertz CT molecular complexity index is 1210. The van der Waals surface area contributed by atoms with Crippen molar-refractivity contribution in [1.82, 2.24) is 9.29 Å². The molecule has 1 fully saturated rings. The van der Waals surface area contributed by atoms with E-state index < -0.39 is 10.0 Å². The van der Waals surface area contributed by atoms with E-state index in [1.54, 1.807) is 17.4 Å². The van der Waals surface area contributed by atoms with E-state index >= 15 is 0 Å². The van der Waals surface area contributed by atoms with Gasteiger partial charge >= 0.3 is 0 Å². The Balaban J connectivity index is 1.50. The Kier molecular flexibility index (Phi) is 6.34. The number of rotatable bonds is 4. The summed E-state index contributed by atoms with van der Waals surface area (Å²) in [5, 5.41) is 3.54. The van der Waals surface area contributed by atoms with E-state index in [4.69, 9.17) is 28.2 Å². The number of anilines is 1. The molecule has 0 aliphatic carbocycles. The molecule has 1 aliphatic heterocycles. The van der Waals surface area contributed by atoms with Crippen LogP contribution in [-0.4, -0.2) is 43.9 Å². The van der Waals surface area contributed by atoms with Crippen molar-refractivity contribution in [3.05, 3.63) is 62.4 Å². The fourth-order valence-electron chi connectivity index (χ4n) is 4.05. The van der Waals surface area contributed by atoms with Crippen molar-refractivity contribution in [3.8, 4) is 11.3 Å². The molecule has 2 aromatic carbocycles. The number of sulfonamides is 1. The molecule has 0 radical (unpaired) electrons. The van der Waals surface area contributed by atoms with Gasteiger partial charge in [-0.1, -0.05) is 40.9 Å². The number of hydrogen-bond acceptors (Lipinski definition) is 5. The zero-order valence-corrected chi connectivity index (χ0v) is 20.7. The fraction of sp³-hybridized carbons (Fsp3) is 0.318. The molecule has 3 aromatic rings. The first-order valence-corrected chi connectivity index (χ1v) is 13.0. The first kappa shape index (κ1) is 22.6. The molecule has 1 saturated heterocycles. The molecule has 1 aliphatic rings. The van der Waals surface area contributed by atoms with Crippen LogP contribution in [-0.2, 0) is 10.0 Å². The summed E-state index contributed by atoms with van der Waals surface area (Å²) in [5.41, 5.74) is 5.81. The second-order valence-electron chi connectivity index (χ2n) is 7.75. The maximum atomic E-state index is 13.0. The van der Waals surface area contributed by atoms with Crippen LogP contribution in [0.3, 0.4) is 0 Å². The summed E-state index contributed by atoms with van der Waals surface area (Å²) >= 11 is 13.6. The molecule has 0 N–H and O–H groups in total. The van der Waals surface area contributed by atoms with Gasteiger partial charge in [0.2, 0.25) is 10.0 Å². The number of benzene rings is 2. The lowest BCUT2D eigenvalue weighted by molar-refractivity contribution is 0.385. The van der Waals surface area contributed by atoms with Gasteiger partial charge in [-0.3, -0.25) is 0 Å². The van der Waals surface area contributed by atoms with Gasteiger partial charge in [-0.2, -0.15) is 4.31 Å². The summed E-state index contributed by atoms with van der Waals surface area (Å²) in [6.45, 7) is 8.21. The molecule has 0 bridgehead atoms. The van der Waals surface area contributed by atoms with Crippen molar-refractivity contribution in [1.29, 1.82) is 0 Å². The van der Waals surface area contributed by atoms with Crippen molar-refractivity contribution in [2.75, 3.05) is 31.1 Å². The van der Waals surface area contributed by atoms with Gasteiger partial charge < -0.3 is 4.90 Å². The molecule has 0 unspecified atom stereocenters. The van der Waals surface area contributed by atoms with Crippen molar-refractivity contribution < 1.29 is 8.42 Å². The normalized spacial score (nSPS) is 15.5. The number of aryl methyl sites for hydroxylation is 3. The quantitative estimate of drug-likeness (QED) is 0.475. The van der Waals surface area contributed by atoms with Crippen LogP contribution in [0.5, 0.6) is 0 Å². The first-order valence-electron chi connectivity index (χ1n) is 9.90. The topological polar surface area (TPSA) is 53.5 Å². The van der Waals surface area contributed by atoms with Crippen LogP contribution in [0.4, 0.5) is 5.13 Å². The molecule has 164 valence electrons. The molecular formula is C22H23Cl2N3O2S2. The molecule has 4 rings (SSSR count). The molecule has 0 saturated carbocycles. The molecule has 5 nitrogen and oxygen atoms in total. The maximum absolute atomic E-state index is 13.0. The highest BCUT2D eigenvalue weighted by atomic mass is 35.5. The van der Waals surface area contributed by atoms with Crippen LogP contribution in [0.25, 0.3) is 11.3 Å². The molecule has 1 aromatic heterocycles. The Morgan fingerprint density at radius 1 is 0.968 bits per heavy atom. The van der Waals surface area contributed by atoms with Gasteiger partial charge in [0.1, 0.15) is 4.90 Å². The van der Waals surface area contributed by atoms with Gasteiger partial charge in [-0.15, -0.1) is 11.3 Å². The first-order chi connectivity index (χ1) is 14.7. The van der Waals surface area contributed by atoms with Crippen LogP contribution < -0.4 is 4.90 Å². The van der Waals surface area contributed by atoms with Crippen LogP contribution in [0.1, 0.15) is 16.7 Å². The predicted octanol–water partition coefficient (Wildman–Crippen LogP) is 5.55. The Morgan fingerprint density at radius 2 is 1.61 bits per heavy atom. The van der Waals surface area contributed by atoms with Gasteiger partial charge in [0, 0.05) is 42.1 Å². The summed E-state index contributed by atoms with van der Waals surface area (Å²) in [4.78, 5) is 7.10. The van der Waals surface area contributed by atoms with E-state index in [1.165, 1.54) is 38.7 Å². The largest absolute Gasteiger partial charge is 0.345 e. The maximum Gasteiger partial charge on any atom is 0.244 e. The van der Waals surface area contributed by atoms with Gasteiger partial charge in [0.15, 0.2) is 5.13 Å². The van der Waals surface area contributed by atoms with Gasteiger partial charge in [-0.05, 0) is 50.1 Å². The molecule has 0 amide bonds. The number of hydrogen-bond donors (Lipinski definition) is 0. The third-order valence-electron chi connectivity index (χ3n) is 5.45. The lowest BCUT2D eigenvalue weighted by Crippen LogP contribution is -2.48. The van der Waals surface area contributed by atoms with Crippen LogP contribution >= 0.6 is 34.5 Å². The van der Waals surface area contributed by atoms with E-state index in [1.807, 2.05) is 0 Å². The summed E-state index contributed by atoms with van der Waals surface area (Å²) < 4.78 is 27.5. The molecule has 0 spiro atoms. The van der Waals surface area contributed by atoms with E-state index in [0.717, 1.165) is 10.8 Å². The molecule has 9 heteroatoms. The highest BCUT2D eigenvalue weighted by Crippen LogP contribution is 2.33. The van der Waals surface area contributed by atoms with Crippen LogP contribution in [0, 0.1) is 20.8 Å². The number of aromatic nitrogens is 1. The third kappa shape index (κ3) is 4.47. The highest BCUT2D eigenvalue weighted by Gasteiger charge is 2.31. The zero-order chi connectivity index (χ0) is 22.3. The lowest BCUT2D eigenvalue weighted by Gasteiger charge is -2.34. The van der Waals surface area contributed by atoms with Crippen molar-refractivity contribution >= 4 is 49.7 Å². The Hall–Kier alpha value is -1.64. The van der Waals surface area contributed by atoms with Crippen molar-refractivity contribution in [2.45, 2.75) is 25.7 Å². The minimum Gasteiger partial charge on any atom is -0.345 e. The van der Waals surface area contributed by atoms with Gasteiger partial charge in [-0.25, -0.2) is 13.4 Å². The second kappa shape index (κ2) is 8.71. The minimum absolute atomic E-state index is 0.0915.